The van der Waals surface area contributed by atoms with Crippen molar-refractivity contribution in [1.82, 2.24) is 34.4 Å². The fourth-order valence-electron chi connectivity index (χ4n) is 4.61. The van der Waals surface area contributed by atoms with Crippen molar-refractivity contribution < 1.29 is 4.79 Å². The van der Waals surface area contributed by atoms with Crippen LogP contribution in [0.25, 0.3) is 22.2 Å². The van der Waals surface area contributed by atoms with Gasteiger partial charge >= 0.3 is 0 Å². The van der Waals surface area contributed by atoms with E-state index in [1.54, 1.807) is 37.0 Å². The predicted octanol–water partition coefficient (Wildman–Crippen LogP) is 4.85. The van der Waals surface area contributed by atoms with Crippen LogP contribution in [0, 0.1) is 11.8 Å². The number of nitrogen functional groups attached to an aromatic ring is 1. The van der Waals surface area contributed by atoms with Crippen molar-refractivity contribution in [1.29, 1.82) is 0 Å². The molecule has 0 radical (unpaired) electrons. The summed E-state index contributed by atoms with van der Waals surface area (Å²) in [6.07, 6.45) is 3.41. The summed E-state index contributed by atoms with van der Waals surface area (Å²) in [5.74, 6) is 6.12. The SMILES string of the molecule is CC(I)c1ccn2nc(N)c(C(=O)N[C@H](C)c3nc4cccc(C#Cc5cncs5)c4c(=O)n3-c3ccccc3)c2n1. The lowest BCUT2D eigenvalue weighted by Crippen LogP contribution is -2.33. The molecule has 4 heterocycles. The monoisotopic (exact) mass is 686 g/mol. The summed E-state index contributed by atoms with van der Waals surface area (Å²) >= 11 is 3.68. The summed E-state index contributed by atoms with van der Waals surface area (Å²) < 4.78 is 3.12. The molecule has 1 unspecified atom stereocenters. The highest BCUT2D eigenvalue weighted by Gasteiger charge is 2.25. The number of carbonyl (C=O) groups excluding carboxylic acids is 1. The topological polar surface area (TPSA) is 133 Å². The van der Waals surface area contributed by atoms with Crippen LogP contribution >= 0.6 is 33.9 Å². The number of anilines is 1. The first-order valence-electron chi connectivity index (χ1n) is 12.9. The standard InChI is InChI=1S/C30H23IN8O2S/c1-17(31)22-13-14-38-28(35-22)25(26(32)37-38)29(40)34-18(2)27-36-23-10-6-7-19(11-12-21-15-33-16-42-21)24(23)30(41)39(27)20-8-4-3-5-9-20/h3-10,13-18H,1-2H3,(H2,32,37)(H,34,40)/t17?,18-/m1/s1. The molecule has 0 bridgehead atoms. The smallest absolute Gasteiger partial charge is 0.267 e. The second kappa shape index (κ2) is 11.3. The molecule has 3 N–H and O–H groups in total. The summed E-state index contributed by atoms with van der Waals surface area (Å²) in [5, 5.41) is 7.62. The van der Waals surface area contributed by atoms with Crippen LogP contribution in [-0.4, -0.2) is 35.0 Å². The molecular weight excluding hydrogens is 663 g/mol. The van der Waals surface area contributed by atoms with Crippen LogP contribution in [0.2, 0.25) is 0 Å². The fourth-order valence-corrected chi connectivity index (χ4v) is 5.42. The van der Waals surface area contributed by atoms with Gasteiger partial charge in [0.25, 0.3) is 11.5 Å². The Bertz CT molecular complexity index is 2080. The molecule has 6 aromatic rings. The molecule has 0 spiro atoms. The molecule has 42 heavy (non-hydrogen) atoms. The number of nitrogens with one attached hydrogen (secondary N) is 1. The van der Waals surface area contributed by atoms with Crippen LogP contribution in [0.1, 0.15) is 56.1 Å². The van der Waals surface area contributed by atoms with Gasteiger partial charge in [0.15, 0.2) is 11.5 Å². The van der Waals surface area contributed by atoms with Crippen molar-refractivity contribution in [2.24, 2.45) is 0 Å². The number of nitrogens with two attached hydrogens (primary N) is 1. The number of carbonyl (C=O) groups is 1. The molecule has 4 aromatic heterocycles. The zero-order chi connectivity index (χ0) is 29.4. The minimum Gasteiger partial charge on any atom is -0.381 e. The molecule has 0 aliphatic heterocycles. The van der Waals surface area contributed by atoms with Crippen LogP contribution in [0.3, 0.4) is 0 Å². The second-order valence-corrected chi connectivity index (χ2v) is 12.2. The largest absolute Gasteiger partial charge is 0.381 e. The minimum atomic E-state index is -0.692. The summed E-state index contributed by atoms with van der Waals surface area (Å²) in [7, 11) is 0. The van der Waals surface area contributed by atoms with E-state index < -0.39 is 11.9 Å². The third-order valence-corrected chi connectivity index (χ3v) is 7.92. The first-order valence-corrected chi connectivity index (χ1v) is 15.1. The number of alkyl halides is 1. The number of hydrogen-bond acceptors (Lipinski definition) is 8. The van der Waals surface area contributed by atoms with E-state index in [0.29, 0.717) is 33.6 Å². The van der Waals surface area contributed by atoms with Crippen molar-refractivity contribution in [3.05, 3.63) is 110 Å². The Labute approximate surface area is 257 Å². The number of fused-ring (bicyclic) bond motifs is 2. The van der Waals surface area contributed by atoms with E-state index in [9.17, 15) is 9.59 Å². The lowest BCUT2D eigenvalue weighted by molar-refractivity contribution is 0.0940. The van der Waals surface area contributed by atoms with Crippen molar-refractivity contribution in [2.45, 2.75) is 23.8 Å². The fraction of sp³-hybridized carbons (Fsp3) is 0.133. The van der Waals surface area contributed by atoms with Gasteiger partial charge in [0.1, 0.15) is 11.4 Å². The van der Waals surface area contributed by atoms with E-state index in [-0.39, 0.29) is 20.9 Å². The van der Waals surface area contributed by atoms with E-state index in [2.05, 4.69) is 54.8 Å². The molecule has 12 heteroatoms. The summed E-state index contributed by atoms with van der Waals surface area (Å²) in [4.78, 5) is 42.2. The Kier molecular flexibility index (Phi) is 7.44. The van der Waals surface area contributed by atoms with Gasteiger partial charge in [0.05, 0.1) is 48.8 Å². The summed E-state index contributed by atoms with van der Waals surface area (Å²) in [6, 6.07) is 15.7. The molecule has 208 valence electrons. The number of para-hydroxylation sites is 1. The number of benzene rings is 2. The van der Waals surface area contributed by atoms with Gasteiger partial charge in [-0.05, 0) is 50.1 Å². The Balaban J connectivity index is 1.46. The number of rotatable bonds is 5. The number of amides is 1. The maximum Gasteiger partial charge on any atom is 0.267 e. The quantitative estimate of drug-likeness (QED) is 0.151. The lowest BCUT2D eigenvalue weighted by Gasteiger charge is -2.20. The molecule has 6 rings (SSSR count). The van der Waals surface area contributed by atoms with Crippen molar-refractivity contribution in [3.63, 3.8) is 0 Å². The van der Waals surface area contributed by atoms with E-state index >= 15 is 0 Å². The zero-order valence-electron chi connectivity index (χ0n) is 22.4. The van der Waals surface area contributed by atoms with Crippen molar-refractivity contribution in [2.75, 3.05) is 5.73 Å². The highest BCUT2D eigenvalue weighted by molar-refractivity contribution is 14.1. The number of hydrogen-bond donors (Lipinski definition) is 2. The van der Waals surface area contributed by atoms with Gasteiger partial charge in [-0.3, -0.25) is 19.1 Å². The average Bonchev–Trinajstić information content (AvgIpc) is 3.62. The number of aromatic nitrogens is 6. The predicted molar refractivity (Wildman–Crippen MR) is 171 cm³/mol. The Morgan fingerprint density at radius 1 is 1.07 bits per heavy atom. The molecule has 0 fully saturated rings. The van der Waals surface area contributed by atoms with Gasteiger partial charge in [0.2, 0.25) is 0 Å². The minimum absolute atomic E-state index is 0.0570. The van der Waals surface area contributed by atoms with Gasteiger partial charge in [0, 0.05) is 11.8 Å². The molecule has 10 nitrogen and oxygen atoms in total. The van der Waals surface area contributed by atoms with Gasteiger partial charge in [-0.2, -0.15) is 0 Å². The lowest BCUT2D eigenvalue weighted by atomic mass is 10.1. The molecule has 1 amide bonds. The first-order chi connectivity index (χ1) is 20.3. The van der Waals surface area contributed by atoms with Gasteiger partial charge < -0.3 is 11.1 Å². The van der Waals surface area contributed by atoms with E-state index in [4.69, 9.17) is 10.7 Å². The number of halogens is 1. The average molecular weight is 687 g/mol. The molecule has 2 aromatic carbocycles. The van der Waals surface area contributed by atoms with Crippen LogP contribution in [0.4, 0.5) is 5.82 Å². The van der Waals surface area contributed by atoms with Crippen molar-refractivity contribution >= 4 is 62.2 Å². The molecule has 0 aliphatic carbocycles. The van der Waals surface area contributed by atoms with E-state index in [0.717, 1.165) is 10.6 Å². The van der Waals surface area contributed by atoms with Crippen LogP contribution in [-0.2, 0) is 0 Å². The Hall–Kier alpha value is -4.61. The molecule has 2 atom stereocenters. The summed E-state index contributed by atoms with van der Waals surface area (Å²) in [6.45, 7) is 3.78. The summed E-state index contributed by atoms with van der Waals surface area (Å²) in [5.41, 5.74) is 10.5. The second-order valence-electron chi connectivity index (χ2n) is 9.45. The number of thiazole rings is 1. The molecule has 0 saturated heterocycles. The van der Waals surface area contributed by atoms with Crippen LogP contribution < -0.4 is 16.6 Å². The van der Waals surface area contributed by atoms with Crippen LogP contribution in [0.15, 0.2) is 77.3 Å². The molecule has 0 saturated carbocycles. The Morgan fingerprint density at radius 3 is 2.62 bits per heavy atom. The third kappa shape index (κ3) is 5.12. The third-order valence-electron chi connectivity index (χ3n) is 6.59. The highest BCUT2D eigenvalue weighted by Crippen LogP contribution is 2.25. The van der Waals surface area contributed by atoms with Gasteiger partial charge in [-0.15, -0.1) is 16.4 Å². The Morgan fingerprint density at radius 2 is 1.88 bits per heavy atom. The van der Waals surface area contributed by atoms with E-state index in [1.165, 1.54) is 20.4 Å². The van der Waals surface area contributed by atoms with Gasteiger partial charge in [-0.1, -0.05) is 52.8 Å². The number of nitrogens with zero attached hydrogens (tertiary/aromatic N) is 6. The van der Waals surface area contributed by atoms with Crippen LogP contribution in [0.5, 0.6) is 0 Å². The maximum absolute atomic E-state index is 14.2. The molecule has 0 aliphatic rings. The highest BCUT2D eigenvalue weighted by atomic mass is 127. The van der Waals surface area contributed by atoms with Crippen molar-refractivity contribution in [3.8, 4) is 17.5 Å². The van der Waals surface area contributed by atoms with Gasteiger partial charge in [-0.25, -0.2) is 14.5 Å². The van der Waals surface area contributed by atoms with E-state index in [1.807, 2.05) is 49.4 Å². The normalized spacial score (nSPS) is 12.5. The maximum atomic E-state index is 14.2. The zero-order valence-corrected chi connectivity index (χ0v) is 25.4. The molecular formula is C30H23IN8O2S. The first kappa shape index (κ1) is 27.6.